The lowest BCUT2D eigenvalue weighted by Gasteiger charge is -2.15. The normalized spacial score (nSPS) is 20.1. The molecule has 8 heteroatoms. The summed E-state index contributed by atoms with van der Waals surface area (Å²) in [5.41, 5.74) is 0.888. The number of ether oxygens (including phenoxy) is 3. The Bertz CT molecular complexity index is 579. The summed E-state index contributed by atoms with van der Waals surface area (Å²) in [5.74, 6) is 0.107. The number of carboxylic acid groups (broad SMARTS) is 1. The molecule has 1 aliphatic rings. The third-order valence-corrected chi connectivity index (χ3v) is 4.49. The van der Waals surface area contributed by atoms with Gasteiger partial charge in [0, 0.05) is 5.75 Å². The van der Waals surface area contributed by atoms with Gasteiger partial charge in [-0.2, -0.15) is 0 Å². The fraction of sp³-hybridized carbons (Fsp3) is 0.467. The molecule has 126 valence electrons. The van der Waals surface area contributed by atoms with Crippen LogP contribution in [0.25, 0.3) is 0 Å². The SMILES string of the molecule is CCOC(=O)COc1ccc([C@H]2N[C@H](C(=O)O)CS2)cc1OC. The Morgan fingerprint density at radius 3 is 2.78 bits per heavy atom. The summed E-state index contributed by atoms with van der Waals surface area (Å²) in [6.07, 6.45) is 0. The minimum atomic E-state index is -0.860. The summed E-state index contributed by atoms with van der Waals surface area (Å²) in [7, 11) is 1.51. The van der Waals surface area contributed by atoms with E-state index in [1.54, 1.807) is 19.1 Å². The molecule has 0 unspecified atom stereocenters. The number of aliphatic carboxylic acids is 1. The number of hydrogen-bond acceptors (Lipinski definition) is 7. The predicted octanol–water partition coefficient (Wildman–Crippen LogP) is 1.43. The van der Waals surface area contributed by atoms with Crippen LogP contribution < -0.4 is 14.8 Å². The van der Waals surface area contributed by atoms with Gasteiger partial charge in [0.2, 0.25) is 0 Å². The van der Waals surface area contributed by atoms with Gasteiger partial charge in [-0.25, -0.2) is 4.79 Å². The van der Waals surface area contributed by atoms with Crippen LogP contribution in [-0.4, -0.2) is 49.2 Å². The van der Waals surface area contributed by atoms with Crippen molar-refractivity contribution in [2.45, 2.75) is 18.3 Å². The molecule has 0 aromatic heterocycles. The molecule has 7 nitrogen and oxygen atoms in total. The van der Waals surface area contributed by atoms with E-state index < -0.39 is 18.0 Å². The van der Waals surface area contributed by atoms with Crippen molar-refractivity contribution in [3.63, 3.8) is 0 Å². The summed E-state index contributed by atoms with van der Waals surface area (Å²) in [6, 6.07) is 4.73. The van der Waals surface area contributed by atoms with E-state index in [0.717, 1.165) is 5.56 Å². The second-order valence-corrected chi connectivity index (χ2v) is 5.91. The van der Waals surface area contributed by atoms with E-state index in [2.05, 4.69) is 5.32 Å². The van der Waals surface area contributed by atoms with Crippen LogP contribution in [0, 0.1) is 0 Å². The maximum Gasteiger partial charge on any atom is 0.344 e. The van der Waals surface area contributed by atoms with E-state index >= 15 is 0 Å². The third kappa shape index (κ3) is 4.52. The van der Waals surface area contributed by atoms with Gasteiger partial charge in [-0.15, -0.1) is 11.8 Å². The number of hydrogen-bond donors (Lipinski definition) is 2. The number of benzene rings is 1. The lowest BCUT2D eigenvalue weighted by molar-refractivity contribution is -0.145. The van der Waals surface area contributed by atoms with Crippen LogP contribution in [-0.2, 0) is 14.3 Å². The number of nitrogens with one attached hydrogen (secondary N) is 1. The highest BCUT2D eigenvalue weighted by Gasteiger charge is 2.30. The van der Waals surface area contributed by atoms with Gasteiger partial charge in [0.1, 0.15) is 6.04 Å². The molecule has 0 aliphatic carbocycles. The van der Waals surface area contributed by atoms with Gasteiger partial charge in [-0.3, -0.25) is 10.1 Å². The van der Waals surface area contributed by atoms with Gasteiger partial charge in [-0.1, -0.05) is 6.07 Å². The maximum absolute atomic E-state index is 11.3. The molecular weight excluding hydrogens is 322 g/mol. The standard InChI is InChI=1S/C15H19NO6S/c1-3-21-13(17)7-22-11-5-4-9(6-12(11)20-2)14-16-10(8-23-14)15(18)19/h4-6,10,14,16H,3,7-8H2,1-2H3,(H,18,19)/t10-,14-/m0/s1. The molecule has 1 heterocycles. The van der Waals surface area contributed by atoms with Crippen LogP contribution >= 0.6 is 11.8 Å². The van der Waals surface area contributed by atoms with Gasteiger partial charge in [-0.05, 0) is 24.6 Å². The zero-order valence-electron chi connectivity index (χ0n) is 12.9. The molecule has 2 atom stereocenters. The molecular formula is C15H19NO6S. The van der Waals surface area contributed by atoms with Crippen molar-refractivity contribution in [1.82, 2.24) is 5.32 Å². The Labute approximate surface area is 138 Å². The number of rotatable bonds is 7. The Balaban J connectivity index is 2.04. The first kappa shape index (κ1) is 17.4. The van der Waals surface area contributed by atoms with Crippen molar-refractivity contribution < 1.29 is 28.9 Å². The minimum absolute atomic E-state index is 0.121. The number of methoxy groups -OCH3 is 1. The van der Waals surface area contributed by atoms with Crippen LogP contribution in [0.15, 0.2) is 18.2 Å². The molecule has 1 aromatic rings. The molecule has 1 fully saturated rings. The molecule has 1 saturated heterocycles. The Hall–Kier alpha value is -1.93. The molecule has 0 radical (unpaired) electrons. The van der Waals surface area contributed by atoms with Crippen molar-refractivity contribution in [2.24, 2.45) is 0 Å². The quantitative estimate of drug-likeness (QED) is 0.719. The zero-order chi connectivity index (χ0) is 16.8. The summed E-state index contributed by atoms with van der Waals surface area (Å²) in [5, 5.41) is 11.9. The van der Waals surface area contributed by atoms with Crippen molar-refractivity contribution in [3.8, 4) is 11.5 Å². The highest BCUT2D eigenvalue weighted by atomic mass is 32.2. The second kappa shape index (κ2) is 8.07. The monoisotopic (exact) mass is 341 g/mol. The van der Waals surface area contributed by atoms with Gasteiger partial charge in [0.15, 0.2) is 18.1 Å². The first-order chi connectivity index (χ1) is 11.0. The first-order valence-electron chi connectivity index (χ1n) is 7.12. The first-order valence-corrected chi connectivity index (χ1v) is 8.16. The topological polar surface area (TPSA) is 94.1 Å². The average molecular weight is 341 g/mol. The van der Waals surface area contributed by atoms with Crippen LogP contribution in [0.5, 0.6) is 11.5 Å². The number of carbonyl (C=O) groups excluding carboxylic acids is 1. The fourth-order valence-corrected chi connectivity index (χ4v) is 3.34. The molecule has 2 rings (SSSR count). The summed E-state index contributed by atoms with van der Waals surface area (Å²) in [4.78, 5) is 22.3. The fourth-order valence-electron chi connectivity index (χ4n) is 2.11. The van der Waals surface area contributed by atoms with Crippen LogP contribution in [0.4, 0.5) is 0 Å². The third-order valence-electron chi connectivity index (χ3n) is 3.22. The van der Waals surface area contributed by atoms with Crippen LogP contribution in [0.2, 0.25) is 0 Å². The Morgan fingerprint density at radius 2 is 2.17 bits per heavy atom. The largest absolute Gasteiger partial charge is 0.493 e. The highest BCUT2D eigenvalue weighted by Crippen LogP contribution is 2.37. The van der Waals surface area contributed by atoms with E-state index in [1.807, 2.05) is 6.07 Å². The van der Waals surface area contributed by atoms with Crippen molar-refractivity contribution in [2.75, 3.05) is 26.1 Å². The molecule has 0 amide bonds. The van der Waals surface area contributed by atoms with E-state index in [4.69, 9.17) is 19.3 Å². The Morgan fingerprint density at radius 1 is 1.39 bits per heavy atom. The van der Waals surface area contributed by atoms with Gasteiger partial charge < -0.3 is 19.3 Å². The van der Waals surface area contributed by atoms with E-state index in [0.29, 0.717) is 23.9 Å². The van der Waals surface area contributed by atoms with E-state index in [9.17, 15) is 9.59 Å². The molecule has 0 spiro atoms. The lowest BCUT2D eigenvalue weighted by atomic mass is 10.2. The van der Waals surface area contributed by atoms with E-state index in [1.165, 1.54) is 18.9 Å². The molecule has 0 bridgehead atoms. The molecule has 23 heavy (non-hydrogen) atoms. The molecule has 1 aromatic carbocycles. The lowest BCUT2D eigenvalue weighted by Crippen LogP contribution is -2.33. The van der Waals surface area contributed by atoms with Gasteiger partial charge in [0.05, 0.1) is 19.1 Å². The van der Waals surface area contributed by atoms with Crippen LogP contribution in [0.1, 0.15) is 17.9 Å². The predicted molar refractivity (Wildman–Crippen MR) is 84.9 cm³/mol. The maximum atomic E-state index is 11.3. The van der Waals surface area contributed by atoms with E-state index in [-0.39, 0.29) is 12.0 Å². The smallest absolute Gasteiger partial charge is 0.344 e. The number of carbonyl (C=O) groups is 2. The second-order valence-electron chi connectivity index (χ2n) is 4.77. The van der Waals surface area contributed by atoms with Crippen molar-refractivity contribution >= 4 is 23.7 Å². The molecule has 2 N–H and O–H groups in total. The van der Waals surface area contributed by atoms with Gasteiger partial charge >= 0.3 is 11.9 Å². The van der Waals surface area contributed by atoms with Gasteiger partial charge in [0.25, 0.3) is 0 Å². The summed E-state index contributed by atoms with van der Waals surface area (Å²) >= 11 is 1.52. The number of thioether (sulfide) groups is 1. The van der Waals surface area contributed by atoms with Crippen LogP contribution in [0.3, 0.4) is 0 Å². The number of esters is 1. The minimum Gasteiger partial charge on any atom is -0.493 e. The average Bonchev–Trinajstić information content (AvgIpc) is 3.03. The van der Waals surface area contributed by atoms with Crippen molar-refractivity contribution in [3.05, 3.63) is 23.8 Å². The Kier molecular flexibility index (Phi) is 6.12. The summed E-state index contributed by atoms with van der Waals surface area (Å²) < 4.78 is 15.5. The van der Waals surface area contributed by atoms with Crippen molar-refractivity contribution in [1.29, 1.82) is 0 Å². The zero-order valence-corrected chi connectivity index (χ0v) is 13.7. The molecule has 0 saturated carbocycles. The highest BCUT2D eigenvalue weighted by molar-refractivity contribution is 7.99. The molecule has 1 aliphatic heterocycles. The number of carboxylic acids is 1. The summed E-state index contributed by atoms with van der Waals surface area (Å²) in [6.45, 7) is 1.83.